The standard InChI is InChI=1S/C20H32O5/c1-2-3-6-9-15(21)12-13-17-16(18(22)14-19(17)23)10-7-4-5-8-11-20(24)25/h4,7,12-13,15-18,21-22H,2-3,5-6,8-11,14H2,1H3,(H,24,25)/t15?,16-,17-,18?/m1/s1. The van der Waals surface area contributed by atoms with Crippen LogP contribution in [0.4, 0.5) is 0 Å². The quantitative estimate of drug-likeness (QED) is 0.370. The van der Waals surface area contributed by atoms with E-state index in [9.17, 15) is 19.8 Å². The molecule has 0 bridgehead atoms. The van der Waals surface area contributed by atoms with E-state index in [0.717, 1.165) is 19.3 Å². The van der Waals surface area contributed by atoms with Crippen LogP contribution in [0, 0.1) is 11.8 Å². The van der Waals surface area contributed by atoms with E-state index in [0.29, 0.717) is 25.7 Å². The molecule has 0 aromatic rings. The van der Waals surface area contributed by atoms with Gasteiger partial charge in [0, 0.05) is 24.7 Å². The average molecular weight is 352 g/mol. The van der Waals surface area contributed by atoms with Gasteiger partial charge in [-0.3, -0.25) is 9.59 Å². The highest BCUT2D eigenvalue weighted by Crippen LogP contribution is 2.33. The van der Waals surface area contributed by atoms with Crippen molar-refractivity contribution in [2.75, 3.05) is 0 Å². The predicted molar refractivity (Wildman–Crippen MR) is 97.1 cm³/mol. The molecule has 0 amide bonds. The molecule has 1 aliphatic carbocycles. The van der Waals surface area contributed by atoms with E-state index in [1.807, 2.05) is 12.2 Å². The van der Waals surface area contributed by atoms with Gasteiger partial charge in [-0.05, 0) is 25.7 Å². The zero-order valence-electron chi connectivity index (χ0n) is 15.1. The Bertz CT molecular complexity index is 469. The van der Waals surface area contributed by atoms with Gasteiger partial charge in [-0.15, -0.1) is 0 Å². The molecule has 0 heterocycles. The Morgan fingerprint density at radius 1 is 1.28 bits per heavy atom. The summed E-state index contributed by atoms with van der Waals surface area (Å²) in [4.78, 5) is 22.5. The maximum Gasteiger partial charge on any atom is 0.303 e. The summed E-state index contributed by atoms with van der Waals surface area (Å²) in [5, 5.41) is 28.7. The molecule has 0 aliphatic heterocycles. The van der Waals surface area contributed by atoms with E-state index in [4.69, 9.17) is 5.11 Å². The van der Waals surface area contributed by atoms with Crippen LogP contribution < -0.4 is 0 Å². The Labute approximate surface area is 150 Å². The molecule has 0 spiro atoms. The molecule has 2 unspecified atom stereocenters. The largest absolute Gasteiger partial charge is 0.481 e. The Hall–Kier alpha value is -1.46. The van der Waals surface area contributed by atoms with Crippen molar-refractivity contribution in [3.63, 3.8) is 0 Å². The second-order valence-corrected chi connectivity index (χ2v) is 6.87. The fourth-order valence-electron chi connectivity index (χ4n) is 3.22. The number of carbonyl (C=O) groups excluding carboxylic acids is 1. The average Bonchev–Trinajstić information content (AvgIpc) is 2.82. The smallest absolute Gasteiger partial charge is 0.303 e. The van der Waals surface area contributed by atoms with Crippen LogP contribution in [0.1, 0.15) is 64.7 Å². The number of carboxylic acid groups (broad SMARTS) is 1. The number of carboxylic acids is 1. The van der Waals surface area contributed by atoms with Crippen molar-refractivity contribution in [3.8, 4) is 0 Å². The van der Waals surface area contributed by atoms with Crippen LogP contribution >= 0.6 is 0 Å². The fraction of sp³-hybridized carbons (Fsp3) is 0.700. The van der Waals surface area contributed by atoms with Gasteiger partial charge in [0.2, 0.25) is 0 Å². The lowest BCUT2D eigenvalue weighted by Gasteiger charge is -2.17. The van der Waals surface area contributed by atoms with E-state index >= 15 is 0 Å². The summed E-state index contributed by atoms with van der Waals surface area (Å²) in [6, 6.07) is 0. The Kier molecular flexibility index (Phi) is 10.3. The SMILES string of the molecule is CCCCCC(O)C=C[C@H]1C(=O)CC(O)[C@@H]1CC=CCCCC(=O)O. The van der Waals surface area contributed by atoms with Gasteiger partial charge in [0.15, 0.2) is 0 Å². The number of aliphatic carboxylic acids is 1. The Balaban J connectivity index is 2.48. The van der Waals surface area contributed by atoms with Crippen molar-refractivity contribution in [2.24, 2.45) is 11.8 Å². The van der Waals surface area contributed by atoms with Gasteiger partial charge < -0.3 is 15.3 Å². The molecule has 1 saturated carbocycles. The Morgan fingerprint density at radius 2 is 2.04 bits per heavy atom. The van der Waals surface area contributed by atoms with Crippen molar-refractivity contribution >= 4 is 11.8 Å². The molecule has 0 aromatic carbocycles. The minimum Gasteiger partial charge on any atom is -0.481 e. The van der Waals surface area contributed by atoms with Gasteiger partial charge >= 0.3 is 5.97 Å². The number of ketones is 1. The molecular formula is C20H32O5. The minimum absolute atomic E-state index is 0.0220. The molecular weight excluding hydrogens is 320 g/mol. The Morgan fingerprint density at radius 3 is 2.72 bits per heavy atom. The molecule has 25 heavy (non-hydrogen) atoms. The topological polar surface area (TPSA) is 94.8 Å². The van der Waals surface area contributed by atoms with Gasteiger partial charge in [-0.25, -0.2) is 0 Å². The van der Waals surface area contributed by atoms with E-state index in [-0.39, 0.29) is 30.5 Å². The van der Waals surface area contributed by atoms with E-state index in [1.165, 1.54) is 0 Å². The predicted octanol–water partition coefficient (Wildman–Crippen LogP) is 3.25. The van der Waals surface area contributed by atoms with Crippen LogP contribution in [-0.4, -0.2) is 39.3 Å². The summed E-state index contributed by atoms with van der Waals surface area (Å²) >= 11 is 0. The number of hydrogen-bond acceptors (Lipinski definition) is 4. The summed E-state index contributed by atoms with van der Waals surface area (Å²) in [6.45, 7) is 2.11. The van der Waals surface area contributed by atoms with Gasteiger partial charge in [0.05, 0.1) is 12.2 Å². The van der Waals surface area contributed by atoms with Gasteiger partial charge in [0.25, 0.3) is 0 Å². The minimum atomic E-state index is -0.798. The molecule has 1 aliphatic rings. The molecule has 1 rings (SSSR count). The highest BCUT2D eigenvalue weighted by molar-refractivity contribution is 5.86. The lowest BCUT2D eigenvalue weighted by Crippen LogP contribution is -2.19. The number of Topliss-reactive ketones (excluding diaryl/α,β-unsaturated/α-hetero) is 1. The third-order valence-corrected chi connectivity index (χ3v) is 4.72. The molecule has 0 saturated heterocycles. The number of allylic oxidation sites excluding steroid dienone is 3. The van der Waals surface area contributed by atoms with E-state index < -0.39 is 18.2 Å². The molecule has 3 N–H and O–H groups in total. The summed E-state index contributed by atoms with van der Waals surface area (Å²) in [7, 11) is 0. The number of carbonyl (C=O) groups is 2. The maximum atomic E-state index is 12.1. The summed E-state index contributed by atoms with van der Waals surface area (Å²) in [6.07, 6.45) is 12.1. The number of aliphatic hydroxyl groups excluding tert-OH is 2. The third-order valence-electron chi connectivity index (χ3n) is 4.72. The summed E-state index contributed by atoms with van der Waals surface area (Å²) in [5.74, 6) is -1.29. The molecule has 142 valence electrons. The van der Waals surface area contributed by atoms with Crippen molar-refractivity contribution < 1.29 is 24.9 Å². The molecule has 0 aromatic heterocycles. The molecule has 0 radical (unpaired) electrons. The number of rotatable bonds is 12. The summed E-state index contributed by atoms with van der Waals surface area (Å²) < 4.78 is 0. The van der Waals surface area contributed by atoms with E-state index in [2.05, 4.69) is 6.92 Å². The molecule has 5 heteroatoms. The fourth-order valence-corrected chi connectivity index (χ4v) is 3.22. The first-order valence-electron chi connectivity index (χ1n) is 9.39. The number of unbranched alkanes of at least 4 members (excludes halogenated alkanes) is 3. The highest BCUT2D eigenvalue weighted by atomic mass is 16.4. The monoisotopic (exact) mass is 352 g/mol. The zero-order valence-corrected chi connectivity index (χ0v) is 15.1. The lowest BCUT2D eigenvalue weighted by molar-refractivity contribution is -0.137. The van der Waals surface area contributed by atoms with Crippen LogP contribution in [0.2, 0.25) is 0 Å². The third kappa shape index (κ3) is 8.45. The van der Waals surface area contributed by atoms with Crippen molar-refractivity contribution in [1.82, 2.24) is 0 Å². The second-order valence-electron chi connectivity index (χ2n) is 6.87. The van der Waals surface area contributed by atoms with Crippen LogP contribution in [0.3, 0.4) is 0 Å². The summed E-state index contributed by atoms with van der Waals surface area (Å²) in [5.41, 5.74) is 0. The van der Waals surface area contributed by atoms with Crippen molar-refractivity contribution in [3.05, 3.63) is 24.3 Å². The normalized spacial score (nSPS) is 25.2. The lowest BCUT2D eigenvalue weighted by atomic mass is 9.90. The zero-order chi connectivity index (χ0) is 18.7. The van der Waals surface area contributed by atoms with Gasteiger partial charge in [-0.1, -0.05) is 50.5 Å². The second kappa shape index (κ2) is 12.0. The number of hydrogen-bond donors (Lipinski definition) is 3. The van der Waals surface area contributed by atoms with Crippen LogP contribution in [-0.2, 0) is 9.59 Å². The maximum absolute atomic E-state index is 12.1. The molecule has 1 fully saturated rings. The first kappa shape index (κ1) is 21.6. The van der Waals surface area contributed by atoms with Crippen LogP contribution in [0.25, 0.3) is 0 Å². The van der Waals surface area contributed by atoms with Gasteiger partial charge in [-0.2, -0.15) is 0 Å². The first-order chi connectivity index (χ1) is 12.0. The molecule has 5 nitrogen and oxygen atoms in total. The van der Waals surface area contributed by atoms with Crippen molar-refractivity contribution in [1.29, 1.82) is 0 Å². The first-order valence-corrected chi connectivity index (χ1v) is 9.39. The highest BCUT2D eigenvalue weighted by Gasteiger charge is 2.39. The van der Waals surface area contributed by atoms with Gasteiger partial charge in [0.1, 0.15) is 5.78 Å². The van der Waals surface area contributed by atoms with Crippen LogP contribution in [0.15, 0.2) is 24.3 Å². The van der Waals surface area contributed by atoms with E-state index in [1.54, 1.807) is 12.2 Å². The molecule has 4 atom stereocenters. The number of aliphatic hydroxyl groups is 2. The van der Waals surface area contributed by atoms with Crippen LogP contribution in [0.5, 0.6) is 0 Å². The van der Waals surface area contributed by atoms with Crippen molar-refractivity contribution in [2.45, 2.75) is 76.9 Å².